The van der Waals surface area contributed by atoms with E-state index in [1.807, 2.05) is 6.92 Å². The van der Waals surface area contributed by atoms with Gasteiger partial charge in [-0.1, -0.05) is 13.8 Å². The molecule has 3 unspecified atom stereocenters. The Balaban J connectivity index is 1.82. The molecule has 0 aromatic rings. The van der Waals surface area contributed by atoms with Gasteiger partial charge in [-0.3, -0.25) is 4.79 Å². The van der Waals surface area contributed by atoms with Gasteiger partial charge in [0.1, 0.15) is 0 Å². The zero-order valence-corrected chi connectivity index (χ0v) is 11.1. The number of carbonyl (C=O) groups is 1. The molecule has 0 radical (unpaired) electrons. The highest BCUT2D eigenvalue weighted by Gasteiger charge is 2.49. The molecule has 1 saturated heterocycles. The van der Waals surface area contributed by atoms with E-state index in [0.717, 1.165) is 32.5 Å². The first-order valence-electron chi connectivity index (χ1n) is 6.68. The van der Waals surface area contributed by atoms with Crippen LogP contribution in [0.2, 0.25) is 0 Å². The molecule has 1 aliphatic carbocycles. The maximum absolute atomic E-state index is 12.0. The van der Waals surface area contributed by atoms with Gasteiger partial charge in [-0.05, 0) is 26.3 Å². The molecule has 98 valence electrons. The van der Waals surface area contributed by atoms with Crippen LogP contribution in [-0.2, 0) is 9.53 Å². The van der Waals surface area contributed by atoms with Crippen LogP contribution in [-0.4, -0.2) is 37.7 Å². The van der Waals surface area contributed by atoms with Crippen LogP contribution in [0.1, 0.15) is 33.6 Å². The van der Waals surface area contributed by atoms with E-state index in [9.17, 15) is 4.79 Å². The van der Waals surface area contributed by atoms with Crippen molar-refractivity contribution in [1.82, 2.24) is 10.6 Å². The van der Waals surface area contributed by atoms with Crippen molar-refractivity contribution in [3.8, 4) is 0 Å². The third-order valence-electron chi connectivity index (χ3n) is 4.29. The molecule has 1 amide bonds. The quantitative estimate of drug-likeness (QED) is 0.768. The number of hydrogen-bond donors (Lipinski definition) is 2. The van der Waals surface area contributed by atoms with Gasteiger partial charge in [-0.15, -0.1) is 0 Å². The van der Waals surface area contributed by atoms with Crippen molar-refractivity contribution in [2.45, 2.75) is 45.8 Å². The molecule has 1 heterocycles. The number of amides is 1. The third-order valence-corrected chi connectivity index (χ3v) is 4.29. The maximum Gasteiger partial charge on any atom is 0.224 e. The average molecular weight is 240 g/mol. The van der Waals surface area contributed by atoms with E-state index in [2.05, 4.69) is 24.5 Å². The lowest BCUT2D eigenvalue weighted by Gasteiger charge is -2.51. The zero-order valence-electron chi connectivity index (χ0n) is 11.1. The summed E-state index contributed by atoms with van der Waals surface area (Å²) in [7, 11) is 0. The van der Waals surface area contributed by atoms with Gasteiger partial charge >= 0.3 is 0 Å². The van der Waals surface area contributed by atoms with Gasteiger partial charge < -0.3 is 15.4 Å². The van der Waals surface area contributed by atoms with Crippen molar-refractivity contribution in [1.29, 1.82) is 0 Å². The summed E-state index contributed by atoms with van der Waals surface area (Å²) in [6, 6.07) is 0.271. The minimum absolute atomic E-state index is 0.0672. The van der Waals surface area contributed by atoms with Gasteiger partial charge in [0.25, 0.3) is 0 Å². The molecule has 4 heteroatoms. The molecule has 2 rings (SSSR count). The largest absolute Gasteiger partial charge is 0.378 e. The predicted octanol–water partition coefficient (Wildman–Crippen LogP) is 0.916. The van der Waals surface area contributed by atoms with Crippen molar-refractivity contribution < 1.29 is 9.53 Å². The van der Waals surface area contributed by atoms with Gasteiger partial charge in [0.05, 0.1) is 12.0 Å². The molecule has 3 atom stereocenters. The van der Waals surface area contributed by atoms with Crippen LogP contribution in [0.4, 0.5) is 0 Å². The Morgan fingerprint density at radius 3 is 2.82 bits per heavy atom. The Bertz CT molecular complexity index is 285. The fraction of sp³-hybridized carbons (Fsp3) is 0.923. The second-order valence-corrected chi connectivity index (χ2v) is 5.75. The van der Waals surface area contributed by atoms with Crippen LogP contribution in [0.3, 0.4) is 0 Å². The molecule has 17 heavy (non-hydrogen) atoms. The van der Waals surface area contributed by atoms with Crippen molar-refractivity contribution in [3.63, 3.8) is 0 Å². The lowest BCUT2D eigenvalue weighted by Crippen LogP contribution is -2.62. The molecule has 2 fully saturated rings. The Labute approximate surface area is 103 Å². The van der Waals surface area contributed by atoms with E-state index in [1.54, 1.807) is 0 Å². The van der Waals surface area contributed by atoms with Crippen LogP contribution in [0.5, 0.6) is 0 Å². The smallest absolute Gasteiger partial charge is 0.224 e. The second-order valence-electron chi connectivity index (χ2n) is 5.75. The van der Waals surface area contributed by atoms with E-state index < -0.39 is 0 Å². The maximum atomic E-state index is 12.0. The summed E-state index contributed by atoms with van der Waals surface area (Å²) in [5, 5.41) is 6.40. The normalized spacial score (nSPS) is 35.4. The zero-order chi connectivity index (χ0) is 12.5. The van der Waals surface area contributed by atoms with E-state index in [0.29, 0.717) is 6.10 Å². The Morgan fingerprint density at radius 1 is 1.53 bits per heavy atom. The monoisotopic (exact) mass is 240 g/mol. The van der Waals surface area contributed by atoms with Crippen molar-refractivity contribution >= 4 is 5.91 Å². The first-order chi connectivity index (χ1) is 8.05. The van der Waals surface area contributed by atoms with E-state index in [4.69, 9.17) is 4.74 Å². The molecule has 1 saturated carbocycles. The Hall–Kier alpha value is -0.610. The van der Waals surface area contributed by atoms with E-state index >= 15 is 0 Å². The van der Waals surface area contributed by atoms with Gasteiger partial charge in [0, 0.05) is 24.6 Å². The molecule has 2 N–H and O–H groups in total. The molecule has 4 nitrogen and oxygen atoms in total. The lowest BCUT2D eigenvalue weighted by atomic mass is 9.64. The van der Waals surface area contributed by atoms with Gasteiger partial charge in [0.2, 0.25) is 5.91 Å². The molecule has 0 aromatic carbocycles. The van der Waals surface area contributed by atoms with Crippen molar-refractivity contribution in [2.24, 2.45) is 11.3 Å². The van der Waals surface area contributed by atoms with Crippen LogP contribution in [0, 0.1) is 11.3 Å². The summed E-state index contributed by atoms with van der Waals surface area (Å²) >= 11 is 0. The fourth-order valence-corrected chi connectivity index (χ4v) is 2.78. The standard InChI is InChI=1S/C13H24N2O2/c1-4-17-11-7-10(13(11,2)3)15-12(16)9-5-6-14-8-9/h9-11,14H,4-8H2,1-3H3,(H,15,16). The topological polar surface area (TPSA) is 50.4 Å². The van der Waals surface area contributed by atoms with E-state index in [1.165, 1.54) is 0 Å². The molecule has 0 spiro atoms. The first kappa shape index (κ1) is 12.8. The summed E-state index contributed by atoms with van der Waals surface area (Å²) < 4.78 is 5.67. The van der Waals surface area contributed by atoms with Crippen molar-refractivity contribution in [3.05, 3.63) is 0 Å². The summed E-state index contributed by atoms with van der Waals surface area (Å²) in [5.74, 6) is 0.375. The molecular weight excluding hydrogens is 216 g/mol. The van der Waals surface area contributed by atoms with Crippen molar-refractivity contribution in [2.75, 3.05) is 19.7 Å². The summed E-state index contributed by atoms with van der Waals surface area (Å²) in [6.45, 7) is 8.92. The number of carbonyl (C=O) groups excluding carboxylic acids is 1. The molecule has 1 aliphatic heterocycles. The van der Waals surface area contributed by atoms with Crippen LogP contribution >= 0.6 is 0 Å². The predicted molar refractivity (Wildman–Crippen MR) is 66.7 cm³/mol. The highest BCUT2D eigenvalue weighted by atomic mass is 16.5. The van der Waals surface area contributed by atoms with Gasteiger partial charge in [-0.2, -0.15) is 0 Å². The number of hydrogen-bond acceptors (Lipinski definition) is 3. The second kappa shape index (κ2) is 4.94. The van der Waals surface area contributed by atoms with Crippen LogP contribution in [0.15, 0.2) is 0 Å². The minimum Gasteiger partial charge on any atom is -0.378 e. The Kier molecular flexibility index (Phi) is 3.73. The first-order valence-corrected chi connectivity index (χ1v) is 6.68. The Morgan fingerprint density at radius 2 is 2.29 bits per heavy atom. The summed E-state index contributed by atoms with van der Waals surface area (Å²) in [5.41, 5.74) is 0.0672. The van der Waals surface area contributed by atoms with Gasteiger partial charge in [0.15, 0.2) is 0 Å². The third kappa shape index (κ3) is 2.47. The SMILES string of the molecule is CCOC1CC(NC(=O)C2CCNC2)C1(C)C. The number of nitrogens with one attached hydrogen (secondary N) is 2. The highest BCUT2D eigenvalue weighted by molar-refractivity contribution is 5.79. The molecule has 2 aliphatic rings. The average Bonchev–Trinajstić information content (AvgIpc) is 2.81. The molecule has 0 bridgehead atoms. The minimum atomic E-state index is 0.0672. The van der Waals surface area contributed by atoms with Crippen LogP contribution in [0.25, 0.3) is 0 Å². The number of rotatable bonds is 4. The summed E-state index contributed by atoms with van der Waals surface area (Å²) in [6.07, 6.45) is 2.21. The molecular formula is C13H24N2O2. The van der Waals surface area contributed by atoms with Gasteiger partial charge in [-0.25, -0.2) is 0 Å². The highest BCUT2D eigenvalue weighted by Crippen LogP contribution is 2.42. The van der Waals surface area contributed by atoms with E-state index in [-0.39, 0.29) is 23.3 Å². The number of ether oxygens (including phenoxy) is 1. The lowest BCUT2D eigenvalue weighted by molar-refractivity contribution is -0.139. The fourth-order valence-electron chi connectivity index (χ4n) is 2.78. The molecule has 0 aromatic heterocycles. The van der Waals surface area contributed by atoms with Crippen LogP contribution < -0.4 is 10.6 Å². The summed E-state index contributed by atoms with van der Waals surface area (Å²) in [4.78, 5) is 12.0.